The Kier molecular flexibility index (Phi) is 5.18. The van der Waals surface area contributed by atoms with Gasteiger partial charge in [-0.2, -0.15) is 0 Å². The van der Waals surface area contributed by atoms with E-state index in [-0.39, 0.29) is 5.91 Å². The van der Waals surface area contributed by atoms with Crippen LogP contribution in [0.5, 0.6) is 0 Å². The van der Waals surface area contributed by atoms with Gasteiger partial charge in [0.25, 0.3) is 0 Å². The molecular formula is C12H21N3O2. The molecule has 1 atom stereocenters. The number of carbonyl (C=O) groups is 1. The monoisotopic (exact) mass is 239 g/mol. The lowest BCUT2D eigenvalue weighted by Gasteiger charge is -2.24. The van der Waals surface area contributed by atoms with Gasteiger partial charge in [-0.1, -0.05) is 0 Å². The number of carbonyl (C=O) groups excluding carboxylic acids is 1. The van der Waals surface area contributed by atoms with Crippen molar-refractivity contribution in [3.05, 3.63) is 23.7 Å². The van der Waals surface area contributed by atoms with Crippen molar-refractivity contribution < 1.29 is 9.21 Å². The third kappa shape index (κ3) is 4.20. The summed E-state index contributed by atoms with van der Waals surface area (Å²) in [6.07, 6.45) is 2.94. The molecule has 0 aromatic carbocycles. The zero-order chi connectivity index (χ0) is 12.8. The minimum absolute atomic E-state index is 0.121. The molecule has 3 N–H and O–H groups in total. The number of rotatable bonds is 6. The van der Waals surface area contributed by atoms with Gasteiger partial charge in [0.1, 0.15) is 5.76 Å². The highest BCUT2D eigenvalue weighted by molar-refractivity contribution is 5.75. The summed E-state index contributed by atoms with van der Waals surface area (Å²) >= 11 is 0. The first-order valence-electron chi connectivity index (χ1n) is 5.77. The second-order valence-electron chi connectivity index (χ2n) is 4.37. The van der Waals surface area contributed by atoms with Gasteiger partial charge in [0.2, 0.25) is 5.91 Å². The van der Waals surface area contributed by atoms with Crippen molar-refractivity contribution in [1.29, 1.82) is 0 Å². The van der Waals surface area contributed by atoms with Crippen LogP contribution < -0.4 is 11.3 Å². The predicted molar refractivity (Wildman–Crippen MR) is 65.9 cm³/mol. The summed E-state index contributed by atoms with van der Waals surface area (Å²) < 4.78 is 5.25. The molecule has 0 aliphatic rings. The summed E-state index contributed by atoms with van der Waals surface area (Å²) in [5.74, 6) is 5.87. The predicted octanol–water partition coefficient (Wildman–Crippen LogP) is 1.18. The fourth-order valence-electron chi connectivity index (χ4n) is 1.63. The lowest BCUT2D eigenvalue weighted by atomic mass is 10.1. The Hall–Kier alpha value is -1.33. The molecule has 0 spiro atoms. The van der Waals surface area contributed by atoms with Crippen molar-refractivity contribution in [3.8, 4) is 0 Å². The van der Waals surface area contributed by atoms with E-state index in [0.717, 1.165) is 18.7 Å². The minimum atomic E-state index is -0.121. The number of aryl methyl sites for hydroxylation is 1. The molecule has 1 heterocycles. The second kappa shape index (κ2) is 6.42. The number of amides is 1. The molecule has 1 rings (SSSR count). The average Bonchev–Trinajstić information content (AvgIpc) is 2.71. The van der Waals surface area contributed by atoms with E-state index in [1.165, 1.54) is 5.56 Å². The molecule has 1 unspecified atom stereocenters. The highest BCUT2D eigenvalue weighted by Crippen LogP contribution is 2.14. The van der Waals surface area contributed by atoms with E-state index in [4.69, 9.17) is 10.3 Å². The molecule has 0 saturated carbocycles. The maximum atomic E-state index is 11.0. The van der Waals surface area contributed by atoms with Crippen molar-refractivity contribution in [3.63, 3.8) is 0 Å². The highest BCUT2D eigenvalue weighted by atomic mass is 16.3. The molecular weight excluding hydrogens is 218 g/mol. The molecule has 0 bridgehead atoms. The topological polar surface area (TPSA) is 71.5 Å². The van der Waals surface area contributed by atoms with Gasteiger partial charge >= 0.3 is 0 Å². The number of nitrogens with one attached hydrogen (secondary N) is 1. The molecule has 17 heavy (non-hydrogen) atoms. The van der Waals surface area contributed by atoms with Gasteiger partial charge in [0.15, 0.2) is 0 Å². The number of nitrogens with zero attached hydrogens (tertiary/aromatic N) is 1. The highest BCUT2D eigenvalue weighted by Gasteiger charge is 2.13. The smallest absolute Gasteiger partial charge is 0.233 e. The molecule has 0 saturated heterocycles. The third-order valence-corrected chi connectivity index (χ3v) is 3.09. The van der Waals surface area contributed by atoms with Gasteiger partial charge in [-0.15, -0.1) is 0 Å². The fraction of sp³-hybridized carbons (Fsp3) is 0.583. The molecule has 5 heteroatoms. The fourth-order valence-corrected chi connectivity index (χ4v) is 1.63. The molecule has 96 valence electrons. The van der Waals surface area contributed by atoms with Crippen molar-refractivity contribution in [2.75, 3.05) is 7.05 Å². The lowest BCUT2D eigenvalue weighted by Crippen LogP contribution is -2.33. The van der Waals surface area contributed by atoms with Crippen LogP contribution in [-0.2, 0) is 11.3 Å². The molecule has 1 amide bonds. The Bertz CT molecular complexity index is 362. The number of hydrazine groups is 1. The summed E-state index contributed by atoms with van der Waals surface area (Å²) in [7, 11) is 2.04. The van der Waals surface area contributed by atoms with Crippen LogP contribution in [0.1, 0.15) is 31.1 Å². The van der Waals surface area contributed by atoms with Gasteiger partial charge < -0.3 is 4.42 Å². The maximum Gasteiger partial charge on any atom is 0.233 e. The van der Waals surface area contributed by atoms with Crippen LogP contribution in [0.4, 0.5) is 0 Å². The molecule has 1 aromatic rings. The summed E-state index contributed by atoms with van der Waals surface area (Å²) in [6.45, 7) is 4.88. The van der Waals surface area contributed by atoms with Crippen LogP contribution in [-0.4, -0.2) is 23.9 Å². The summed E-state index contributed by atoms with van der Waals surface area (Å²) in [6, 6.07) is 2.30. The summed E-state index contributed by atoms with van der Waals surface area (Å²) in [4.78, 5) is 13.2. The van der Waals surface area contributed by atoms with Gasteiger partial charge in [-0.05, 0) is 33.4 Å². The molecule has 0 aliphatic heterocycles. The SMILES string of the molecule is Cc1occc1CN(C)C(C)CCC(=O)NN. The first kappa shape index (κ1) is 13.7. The van der Waals surface area contributed by atoms with Crippen molar-refractivity contribution in [2.24, 2.45) is 5.84 Å². The summed E-state index contributed by atoms with van der Waals surface area (Å²) in [5, 5.41) is 0. The van der Waals surface area contributed by atoms with Crippen LogP contribution in [0.3, 0.4) is 0 Å². The number of nitrogens with two attached hydrogens (primary N) is 1. The van der Waals surface area contributed by atoms with E-state index in [1.54, 1.807) is 6.26 Å². The molecule has 0 aliphatic carbocycles. The van der Waals surface area contributed by atoms with Crippen molar-refractivity contribution in [1.82, 2.24) is 10.3 Å². The molecule has 1 aromatic heterocycles. The van der Waals surface area contributed by atoms with Crippen LogP contribution in [0.2, 0.25) is 0 Å². The van der Waals surface area contributed by atoms with E-state index < -0.39 is 0 Å². The number of hydrogen-bond donors (Lipinski definition) is 2. The molecule has 0 radical (unpaired) electrons. The molecule has 0 fully saturated rings. The van der Waals surface area contributed by atoms with Crippen LogP contribution >= 0.6 is 0 Å². The number of hydrogen-bond acceptors (Lipinski definition) is 4. The Morgan fingerprint density at radius 2 is 2.35 bits per heavy atom. The Morgan fingerprint density at radius 3 is 2.88 bits per heavy atom. The first-order chi connectivity index (χ1) is 8.04. The maximum absolute atomic E-state index is 11.0. The quantitative estimate of drug-likeness (QED) is 0.444. The zero-order valence-corrected chi connectivity index (χ0v) is 10.7. The van der Waals surface area contributed by atoms with E-state index in [2.05, 4.69) is 17.2 Å². The van der Waals surface area contributed by atoms with Gasteiger partial charge in [0.05, 0.1) is 6.26 Å². The van der Waals surface area contributed by atoms with Gasteiger partial charge in [-0.3, -0.25) is 15.1 Å². The van der Waals surface area contributed by atoms with E-state index >= 15 is 0 Å². The Balaban J connectivity index is 2.39. The number of furan rings is 1. The Morgan fingerprint density at radius 1 is 1.65 bits per heavy atom. The Labute approximate surface area is 102 Å². The van der Waals surface area contributed by atoms with E-state index in [9.17, 15) is 4.79 Å². The van der Waals surface area contributed by atoms with E-state index in [1.807, 2.05) is 20.0 Å². The van der Waals surface area contributed by atoms with Crippen LogP contribution in [0, 0.1) is 6.92 Å². The van der Waals surface area contributed by atoms with Gasteiger partial charge in [0, 0.05) is 24.6 Å². The normalized spacial score (nSPS) is 12.8. The average molecular weight is 239 g/mol. The van der Waals surface area contributed by atoms with Crippen LogP contribution in [0.15, 0.2) is 16.7 Å². The zero-order valence-electron chi connectivity index (χ0n) is 10.7. The third-order valence-electron chi connectivity index (χ3n) is 3.09. The van der Waals surface area contributed by atoms with Crippen molar-refractivity contribution >= 4 is 5.91 Å². The standard InChI is InChI=1S/C12H21N3O2/c1-9(4-5-12(16)14-13)15(3)8-11-6-7-17-10(11)2/h6-7,9H,4-5,8,13H2,1-3H3,(H,14,16). The second-order valence-corrected chi connectivity index (χ2v) is 4.37. The van der Waals surface area contributed by atoms with Crippen molar-refractivity contribution in [2.45, 2.75) is 39.3 Å². The van der Waals surface area contributed by atoms with Gasteiger partial charge in [-0.25, -0.2) is 5.84 Å². The van der Waals surface area contributed by atoms with Crippen LogP contribution in [0.25, 0.3) is 0 Å². The molecule has 5 nitrogen and oxygen atoms in total. The summed E-state index contributed by atoms with van der Waals surface area (Å²) in [5.41, 5.74) is 3.32. The minimum Gasteiger partial charge on any atom is -0.469 e. The first-order valence-corrected chi connectivity index (χ1v) is 5.77. The van der Waals surface area contributed by atoms with E-state index in [0.29, 0.717) is 12.5 Å². The largest absolute Gasteiger partial charge is 0.469 e. The lowest BCUT2D eigenvalue weighted by molar-refractivity contribution is -0.121.